The number of hydrogen-bond donors (Lipinski definition) is 1. The summed E-state index contributed by atoms with van der Waals surface area (Å²) in [6.45, 7) is 5.49. The third-order valence-corrected chi connectivity index (χ3v) is 5.32. The Hall–Kier alpha value is -2.05. The van der Waals surface area contributed by atoms with Crippen LogP contribution in [-0.2, 0) is 17.9 Å². The minimum atomic E-state index is 0.657. The number of nitrogens with one attached hydrogen (secondary N) is 1. The van der Waals surface area contributed by atoms with Crippen LogP contribution in [0.3, 0.4) is 0 Å². The van der Waals surface area contributed by atoms with E-state index in [2.05, 4.69) is 61.9 Å². The van der Waals surface area contributed by atoms with E-state index in [1.54, 1.807) is 7.11 Å². The third kappa shape index (κ3) is 4.74. The molecule has 0 bridgehead atoms. The van der Waals surface area contributed by atoms with Crippen molar-refractivity contribution in [3.05, 3.63) is 52.9 Å². The molecule has 0 spiro atoms. The van der Waals surface area contributed by atoms with Gasteiger partial charge in [0.1, 0.15) is 0 Å². The van der Waals surface area contributed by atoms with Crippen molar-refractivity contribution in [1.82, 2.24) is 10.2 Å². The van der Waals surface area contributed by atoms with Crippen LogP contribution in [0.2, 0.25) is 0 Å². The zero-order valence-corrected chi connectivity index (χ0v) is 15.8. The molecule has 2 aromatic rings. The van der Waals surface area contributed by atoms with Crippen molar-refractivity contribution in [2.75, 3.05) is 45.2 Å². The lowest BCUT2D eigenvalue weighted by Crippen LogP contribution is -2.52. The fraction of sp³-hybridized carbons (Fsp3) is 0.421. The highest BCUT2D eigenvalue weighted by Gasteiger charge is 2.20. The lowest BCUT2D eigenvalue weighted by molar-refractivity contribution is 0.185. The second kappa shape index (κ2) is 8.87. The summed E-state index contributed by atoms with van der Waals surface area (Å²) < 4.78 is 5.15. The SMILES string of the molecule is CN=C(NCc1ccc(COC)cc1)N1CCN(c2cccs2)CC1. The van der Waals surface area contributed by atoms with E-state index in [0.29, 0.717) is 6.61 Å². The first kappa shape index (κ1) is 17.8. The Labute approximate surface area is 153 Å². The molecule has 1 aromatic heterocycles. The number of hydrogen-bond acceptors (Lipinski definition) is 4. The molecule has 0 saturated carbocycles. The van der Waals surface area contributed by atoms with Crippen LogP contribution in [0.15, 0.2) is 46.8 Å². The van der Waals surface area contributed by atoms with Crippen molar-refractivity contribution in [1.29, 1.82) is 0 Å². The molecule has 0 radical (unpaired) electrons. The van der Waals surface area contributed by atoms with Crippen molar-refractivity contribution in [2.24, 2.45) is 4.99 Å². The van der Waals surface area contributed by atoms with E-state index in [4.69, 9.17) is 4.74 Å². The van der Waals surface area contributed by atoms with Crippen LogP contribution in [0.25, 0.3) is 0 Å². The van der Waals surface area contributed by atoms with E-state index in [1.807, 2.05) is 18.4 Å². The summed E-state index contributed by atoms with van der Waals surface area (Å²) in [5.41, 5.74) is 2.44. The Morgan fingerprint density at radius 3 is 2.44 bits per heavy atom. The van der Waals surface area contributed by atoms with Crippen LogP contribution < -0.4 is 10.2 Å². The Morgan fingerprint density at radius 1 is 1.12 bits per heavy atom. The van der Waals surface area contributed by atoms with Crippen LogP contribution >= 0.6 is 11.3 Å². The average molecular weight is 359 g/mol. The predicted molar refractivity (Wildman–Crippen MR) is 105 cm³/mol. The summed E-state index contributed by atoms with van der Waals surface area (Å²) in [5, 5.41) is 6.98. The zero-order valence-electron chi connectivity index (χ0n) is 14.9. The summed E-state index contributed by atoms with van der Waals surface area (Å²) >= 11 is 1.81. The molecule has 0 amide bonds. The molecule has 1 N–H and O–H groups in total. The van der Waals surface area contributed by atoms with E-state index in [-0.39, 0.29) is 0 Å². The molecule has 5 nitrogen and oxygen atoms in total. The predicted octanol–water partition coefficient (Wildman–Crippen LogP) is 2.79. The number of aliphatic imine (C=N–C) groups is 1. The van der Waals surface area contributed by atoms with Gasteiger partial charge in [-0.05, 0) is 28.6 Å². The third-order valence-electron chi connectivity index (χ3n) is 4.39. The second-order valence-electron chi connectivity index (χ2n) is 6.08. The number of rotatable bonds is 5. The maximum Gasteiger partial charge on any atom is 0.194 e. The van der Waals surface area contributed by atoms with Crippen molar-refractivity contribution in [2.45, 2.75) is 13.2 Å². The van der Waals surface area contributed by atoms with Crippen LogP contribution in [0.5, 0.6) is 0 Å². The number of ether oxygens (including phenoxy) is 1. The average Bonchev–Trinajstić information content (AvgIpc) is 3.19. The largest absolute Gasteiger partial charge is 0.380 e. The summed E-state index contributed by atoms with van der Waals surface area (Å²) in [7, 11) is 3.58. The number of nitrogens with zero attached hydrogens (tertiary/aromatic N) is 3. The molecule has 0 unspecified atom stereocenters. The molecule has 6 heteroatoms. The van der Waals surface area contributed by atoms with Crippen molar-refractivity contribution in [3.63, 3.8) is 0 Å². The molecule has 134 valence electrons. The molecule has 1 aromatic carbocycles. The normalized spacial score (nSPS) is 15.5. The molecule has 0 atom stereocenters. The molecule has 0 aliphatic carbocycles. The fourth-order valence-electron chi connectivity index (χ4n) is 3.02. The molecular formula is C19H26N4OS. The maximum absolute atomic E-state index is 5.15. The maximum atomic E-state index is 5.15. The van der Waals surface area contributed by atoms with Crippen LogP contribution in [0.4, 0.5) is 5.00 Å². The summed E-state index contributed by atoms with van der Waals surface area (Å²) in [4.78, 5) is 9.24. The van der Waals surface area contributed by atoms with Gasteiger partial charge in [-0.3, -0.25) is 4.99 Å². The van der Waals surface area contributed by atoms with Gasteiger partial charge in [-0.15, -0.1) is 11.3 Å². The first-order valence-corrected chi connectivity index (χ1v) is 9.49. The molecule has 3 rings (SSSR count). The standard InChI is InChI=1S/C19H26N4OS/c1-20-19(21-14-16-5-7-17(8-6-16)15-24-2)23-11-9-22(10-12-23)18-4-3-13-25-18/h3-8,13H,9-12,14-15H2,1-2H3,(H,20,21). The molecule has 2 heterocycles. The molecule has 25 heavy (non-hydrogen) atoms. The van der Waals surface area contributed by atoms with Gasteiger partial charge in [0.25, 0.3) is 0 Å². The lowest BCUT2D eigenvalue weighted by Gasteiger charge is -2.37. The first-order chi connectivity index (χ1) is 12.3. The first-order valence-electron chi connectivity index (χ1n) is 8.61. The van der Waals surface area contributed by atoms with Gasteiger partial charge in [0.15, 0.2) is 5.96 Å². The van der Waals surface area contributed by atoms with E-state index >= 15 is 0 Å². The number of benzene rings is 1. The summed E-state index contributed by atoms with van der Waals surface area (Å²) in [6, 6.07) is 12.8. The lowest BCUT2D eigenvalue weighted by atomic mass is 10.1. The number of guanidine groups is 1. The Bertz CT molecular complexity index is 661. The smallest absolute Gasteiger partial charge is 0.194 e. The highest BCUT2D eigenvalue weighted by Crippen LogP contribution is 2.22. The van der Waals surface area contributed by atoms with E-state index in [1.165, 1.54) is 16.1 Å². The molecule has 1 saturated heterocycles. The van der Waals surface area contributed by atoms with Gasteiger partial charge in [0, 0.05) is 46.9 Å². The highest BCUT2D eigenvalue weighted by molar-refractivity contribution is 7.14. The van der Waals surface area contributed by atoms with Crippen molar-refractivity contribution < 1.29 is 4.74 Å². The van der Waals surface area contributed by atoms with Gasteiger partial charge in [0.2, 0.25) is 0 Å². The number of anilines is 1. The highest BCUT2D eigenvalue weighted by atomic mass is 32.1. The number of methoxy groups -OCH3 is 1. The van der Waals surface area contributed by atoms with Gasteiger partial charge in [-0.2, -0.15) is 0 Å². The molecule has 1 aliphatic heterocycles. The number of thiophene rings is 1. The van der Waals surface area contributed by atoms with Gasteiger partial charge in [0.05, 0.1) is 11.6 Å². The number of piperazine rings is 1. The van der Waals surface area contributed by atoms with Gasteiger partial charge >= 0.3 is 0 Å². The minimum absolute atomic E-state index is 0.657. The Kier molecular flexibility index (Phi) is 6.30. The Morgan fingerprint density at radius 2 is 1.84 bits per heavy atom. The topological polar surface area (TPSA) is 40.1 Å². The van der Waals surface area contributed by atoms with Crippen molar-refractivity contribution in [3.8, 4) is 0 Å². The van der Waals surface area contributed by atoms with Gasteiger partial charge < -0.3 is 19.9 Å². The Balaban J connectivity index is 1.50. The van der Waals surface area contributed by atoms with E-state index < -0.39 is 0 Å². The molecule has 1 aliphatic rings. The van der Waals surface area contributed by atoms with E-state index in [9.17, 15) is 0 Å². The second-order valence-corrected chi connectivity index (χ2v) is 7.00. The van der Waals surface area contributed by atoms with Crippen LogP contribution in [-0.4, -0.2) is 51.2 Å². The van der Waals surface area contributed by atoms with Gasteiger partial charge in [-0.25, -0.2) is 0 Å². The minimum Gasteiger partial charge on any atom is -0.380 e. The van der Waals surface area contributed by atoms with Gasteiger partial charge in [-0.1, -0.05) is 24.3 Å². The summed E-state index contributed by atoms with van der Waals surface area (Å²) in [6.07, 6.45) is 0. The van der Waals surface area contributed by atoms with Crippen molar-refractivity contribution >= 4 is 22.3 Å². The summed E-state index contributed by atoms with van der Waals surface area (Å²) in [5.74, 6) is 0.979. The fourth-order valence-corrected chi connectivity index (χ4v) is 3.81. The van der Waals surface area contributed by atoms with E-state index in [0.717, 1.165) is 38.7 Å². The zero-order chi connectivity index (χ0) is 17.5. The molecular weight excluding hydrogens is 332 g/mol. The van der Waals surface area contributed by atoms with Crippen LogP contribution in [0.1, 0.15) is 11.1 Å². The molecule has 1 fully saturated rings. The quantitative estimate of drug-likeness (QED) is 0.659. The van der Waals surface area contributed by atoms with Crippen LogP contribution in [0, 0.1) is 0 Å². The monoisotopic (exact) mass is 358 g/mol.